The van der Waals surface area contributed by atoms with Gasteiger partial charge in [0, 0.05) is 18.2 Å². The molecule has 5 heteroatoms. The Balaban J connectivity index is 1.83. The largest absolute Gasteiger partial charge is 0.496 e. The Kier molecular flexibility index (Phi) is 6.14. The number of hydrogen-bond donors (Lipinski definition) is 0. The van der Waals surface area contributed by atoms with Crippen molar-refractivity contribution in [3.05, 3.63) is 71.4 Å². The number of benzene rings is 2. The Morgan fingerprint density at radius 2 is 1.86 bits per heavy atom. The number of hydrogen-bond acceptors (Lipinski definition) is 4. The van der Waals surface area contributed by atoms with Crippen LogP contribution in [-0.2, 0) is 6.54 Å². The van der Waals surface area contributed by atoms with Gasteiger partial charge < -0.3 is 14.2 Å². The lowest BCUT2D eigenvalue weighted by atomic mass is 10.1. The predicted molar refractivity (Wildman–Crippen MR) is 109 cm³/mol. The lowest BCUT2D eigenvalue weighted by Gasteiger charge is -2.23. The monoisotopic (exact) mass is 378 g/mol. The summed E-state index contributed by atoms with van der Waals surface area (Å²) in [6.45, 7) is 7.24. The number of nitrogens with zero attached hydrogens (tertiary/aromatic N) is 2. The van der Waals surface area contributed by atoms with Crippen molar-refractivity contribution in [3.63, 3.8) is 0 Å². The van der Waals surface area contributed by atoms with E-state index in [1.54, 1.807) is 7.11 Å². The molecule has 0 unspecified atom stereocenters. The van der Waals surface area contributed by atoms with E-state index in [-0.39, 0.29) is 5.91 Å². The standard InChI is InChI=1S/C23H26N2O3/c1-16(2)14-25(23(26)18-11-9-17(3)10-12-18)15-19-13-22(28-24-19)20-7-5-6-8-21(20)27-4/h5-13,16H,14-15H2,1-4H3. The van der Waals surface area contributed by atoms with Crippen LogP contribution in [0.2, 0.25) is 0 Å². The lowest BCUT2D eigenvalue weighted by molar-refractivity contribution is 0.0719. The minimum atomic E-state index is -0.00413. The van der Waals surface area contributed by atoms with Crippen LogP contribution >= 0.6 is 0 Å². The zero-order valence-corrected chi connectivity index (χ0v) is 16.8. The first kappa shape index (κ1) is 19.7. The first-order valence-corrected chi connectivity index (χ1v) is 9.43. The van der Waals surface area contributed by atoms with Crippen LogP contribution in [0.15, 0.2) is 59.1 Å². The molecule has 0 N–H and O–H groups in total. The quantitative estimate of drug-likeness (QED) is 0.583. The molecule has 0 bridgehead atoms. The van der Waals surface area contributed by atoms with E-state index in [0.29, 0.717) is 36.0 Å². The summed E-state index contributed by atoms with van der Waals surface area (Å²) in [5, 5.41) is 4.18. The molecule has 0 atom stereocenters. The van der Waals surface area contributed by atoms with Crippen molar-refractivity contribution in [2.24, 2.45) is 5.92 Å². The number of para-hydroxylation sites is 1. The molecule has 5 nitrogen and oxygen atoms in total. The maximum Gasteiger partial charge on any atom is 0.254 e. The van der Waals surface area contributed by atoms with Crippen molar-refractivity contribution >= 4 is 5.91 Å². The van der Waals surface area contributed by atoms with Gasteiger partial charge in [-0.15, -0.1) is 0 Å². The highest BCUT2D eigenvalue weighted by Gasteiger charge is 2.20. The third-order valence-corrected chi connectivity index (χ3v) is 4.46. The fourth-order valence-corrected chi connectivity index (χ4v) is 3.10. The highest BCUT2D eigenvalue weighted by atomic mass is 16.5. The van der Waals surface area contributed by atoms with Gasteiger partial charge in [-0.3, -0.25) is 4.79 Å². The van der Waals surface area contributed by atoms with E-state index in [0.717, 1.165) is 16.9 Å². The Hall–Kier alpha value is -3.08. The number of amides is 1. The summed E-state index contributed by atoms with van der Waals surface area (Å²) in [5.41, 5.74) is 3.36. The van der Waals surface area contributed by atoms with Gasteiger partial charge in [0.15, 0.2) is 5.76 Å². The maximum absolute atomic E-state index is 13.0. The summed E-state index contributed by atoms with van der Waals surface area (Å²) in [4.78, 5) is 14.8. The van der Waals surface area contributed by atoms with Crippen molar-refractivity contribution < 1.29 is 14.1 Å². The van der Waals surface area contributed by atoms with Crippen LogP contribution < -0.4 is 4.74 Å². The third kappa shape index (κ3) is 4.60. The summed E-state index contributed by atoms with van der Waals surface area (Å²) >= 11 is 0. The fraction of sp³-hybridized carbons (Fsp3) is 0.304. The number of rotatable bonds is 7. The number of carbonyl (C=O) groups excluding carboxylic acids is 1. The molecule has 0 aliphatic carbocycles. The van der Waals surface area contributed by atoms with Crippen molar-refractivity contribution in [1.29, 1.82) is 0 Å². The summed E-state index contributed by atoms with van der Waals surface area (Å²) in [7, 11) is 1.63. The molecule has 2 aromatic carbocycles. The Morgan fingerprint density at radius 1 is 1.14 bits per heavy atom. The zero-order valence-electron chi connectivity index (χ0n) is 16.8. The normalized spacial score (nSPS) is 10.9. The Morgan fingerprint density at radius 3 is 2.54 bits per heavy atom. The van der Waals surface area contributed by atoms with E-state index in [1.165, 1.54) is 0 Å². The number of ether oxygens (including phenoxy) is 1. The van der Waals surface area contributed by atoms with E-state index in [9.17, 15) is 4.79 Å². The minimum absolute atomic E-state index is 0.00413. The van der Waals surface area contributed by atoms with Gasteiger partial charge in [-0.05, 0) is 37.1 Å². The van der Waals surface area contributed by atoms with Gasteiger partial charge in [-0.2, -0.15) is 0 Å². The molecule has 3 rings (SSSR count). The molecule has 1 amide bonds. The van der Waals surface area contributed by atoms with Crippen LogP contribution in [0, 0.1) is 12.8 Å². The average Bonchev–Trinajstić information content (AvgIpc) is 3.15. The molecule has 0 saturated carbocycles. The van der Waals surface area contributed by atoms with Crippen molar-refractivity contribution in [3.8, 4) is 17.1 Å². The molecular formula is C23H26N2O3. The van der Waals surface area contributed by atoms with E-state index < -0.39 is 0 Å². The van der Waals surface area contributed by atoms with Gasteiger partial charge in [-0.25, -0.2) is 0 Å². The highest BCUT2D eigenvalue weighted by molar-refractivity contribution is 5.94. The lowest BCUT2D eigenvalue weighted by Crippen LogP contribution is -2.33. The second-order valence-electron chi connectivity index (χ2n) is 7.33. The van der Waals surface area contributed by atoms with Crippen LogP contribution in [0.25, 0.3) is 11.3 Å². The van der Waals surface area contributed by atoms with Gasteiger partial charge in [0.1, 0.15) is 11.4 Å². The van der Waals surface area contributed by atoms with Crippen LogP contribution in [0.3, 0.4) is 0 Å². The first-order valence-electron chi connectivity index (χ1n) is 9.43. The molecule has 0 aliphatic heterocycles. The second-order valence-corrected chi connectivity index (χ2v) is 7.33. The average molecular weight is 378 g/mol. The fourth-order valence-electron chi connectivity index (χ4n) is 3.10. The Bertz CT molecular complexity index is 929. The molecule has 0 saturated heterocycles. The highest BCUT2D eigenvalue weighted by Crippen LogP contribution is 2.30. The summed E-state index contributed by atoms with van der Waals surface area (Å²) in [5.74, 6) is 1.69. The van der Waals surface area contributed by atoms with E-state index >= 15 is 0 Å². The van der Waals surface area contributed by atoms with Crippen LogP contribution in [0.1, 0.15) is 35.5 Å². The van der Waals surface area contributed by atoms with E-state index in [2.05, 4.69) is 19.0 Å². The van der Waals surface area contributed by atoms with Gasteiger partial charge in [0.25, 0.3) is 5.91 Å². The molecule has 1 aromatic heterocycles. The minimum Gasteiger partial charge on any atom is -0.496 e. The van der Waals surface area contributed by atoms with E-state index in [4.69, 9.17) is 9.26 Å². The summed E-state index contributed by atoms with van der Waals surface area (Å²) in [6, 6.07) is 17.1. The van der Waals surface area contributed by atoms with Gasteiger partial charge >= 0.3 is 0 Å². The van der Waals surface area contributed by atoms with Gasteiger partial charge in [-0.1, -0.05) is 48.8 Å². The van der Waals surface area contributed by atoms with Crippen molar-refractivity contribution in [2.45, 2.75) is 27.3 Å². The molecule has 0 fully saturated rings. The molecule has 0 spiro atoms. The van der Waals surface area contributed by atoms with Crippen LogP contribution in [0.4, 0.5) is 0 Å². The molecular weight excluding hydrogens is 352 g/mol. The SMILES string of the molecule is COc1ccccc1-c1cc(CN(CC(C)C)C(=O)c2ccc(C)cc2)no1. The predicted octanol–water partition coefficient (Wildman–Crippen LogP) is 4.96. The van der Waals surface area contributed by atoms with Crippen LogP contribution in [0.5, 0.6) is 5.75 Å². The van der Waals surface area contributed by atoms with Gasteiger partial charge in [0.2, 0.25) is 0 Å². The van der Waals surface area contributed by atoms with Crippen LogP contribution in [-0.4, -0.2) is 29.6 Å². The molecule has 1 heterocycles. The zero-order chi connectivity index (χ0) is 20.1. The van der Waals surface area contributed by atoms with Crippen molar-refractivity contribution in [2.75, 3.05) is 13.7 Å². The van der Waals surface area contributed by atoms with Gasteiger partial charge in [0.05, 0.1) is 19.2 Å². The molecule has 0 radical (unpaired) electrons. The molecule has 28 heavy (non-hydrogen) atoms. The summed E-state index contributed by atoms with van der Waals surface area (Å²) in [6.07, 6.45) is 0. The van der Waals surface area contributed by atoms with E-state index in [1.807, 2.05) is 66.4 Å². The number of aromatic nitrogens is 1. The number of methoxy groups -OCH3 is 1. The van der Waals surface area contributed by atoms with Crippen molar-refractivity contribution in [1.82, 2.24) is 10.1 Å². The number of carbonyl (C=O) groups is 1. The first-order chi connectivity index (χ1) is 13.5. The summed E-state index contributed by atoms with van der Waals surface area (Å²) < 4.78 is 10.9. The number of aryl methyl sites for hydroxylation is 1. The maximum atomic E-state index is 13.0. The molecule has 0 aliphatic rings. The molecule has 3 aromatic rings. The third-order valence-electron chi connectivity index (χ3n) is 4.46. The topological polar surface area (TPSA) is 55.6 Å². The Labute approximate surface area is 165 Å². The smallest absolute Gasteiger partial charge is 0.254 e. The molecule has 146 valence electrons. The second kappa shape index (κ2) is 8.74.